The molecule has 0 bridgehead atoms. The lowest BCUT2D eigenvalue weighted by molar-refractivity contribution is 0.0799. The van der Waals surface area contributed by atoms with Crippen LogP contribution in [0.15, 0.2) is 17.2 Å². The van der Waals surface area contributed by atoms with Gasteiger partial charge in [-0.25, -0.2) is 13.1 Å². The van der Waals surface area contributed by atoms with E-state index in [1.165, 1.54) is 6.20 Å². The number of sulfonamides is 1. The average Bonchev–Trinajstić information content (AvgIpc) is 2.87. The van der Waals surface area contributed by atoms with Gasteiger partial charge in [0.25, 0.3) is 0 Å². The van der Waals surface area contributed by atoms with Crippen molar-refractivity contribution in [3.05, 3.63) is 18.0 Å². The summed E-state index contributed by atoms with van der Waals surface area (Å²) in [5, 5.41) is 3.22. The molecule has 0 spiro atoms. The molecule has 6 nitrogen and oxygen atoms in total. The van der Waals surface area contributed by atoms with Gasteiger partial charge in [-0.3, -0.25) is 0 Å². The summed E-state index contributed by atoms with van der Waals surface area (Å²) < 4.78 is 32.0. The van der Waals surface area contributed by atoms with Crippen molar-refractivity contribution in [2.24, 2.45) is 0 Å². The molecule has 1 aromatic heterocycles. The predicted octanol–water partition coefficient (Wildman–Crippen LogP) is 1.22. The van der Waals surface area contributed by atoms with Gasteiger partial charge in [-0.2, -0.15) is 0 Å². The molecule has 3 N–H and O–H groups in total. The average molecular weight is 303 g/mol. The zero-order valence-corrected chi connectivity index (χ0v) is 13.2. The fourth-order valence-corrected chi connectivity index (χ4v) is 2.86. The standard InChI is InChI=1S/C13H25N3O3S/c1-4-6-14-9-12-7-13(10-15-12)20(17,18)16-8-11(3)19-5-2/h7,10-11,14-16H,4-6,8-9H2,1-3H3. The van der Waals surface area contributed by atoms with Crippen LogP contribution in [0.4, 0.5) is 0 Å². The van der Waals surface area contributed by atoms with Crippen LogP contribution in [-0.4, -0.2) is 39.2 Å². The number of ether oxygens (including phenoxy) is 1. The van der Waals surface area contributed by atoms with Crippen LogP contribution in [-0.2, 0) is 21.3 Å². The number of rotatable bonds is 10. The summed E-state index contributed by atoms with van der Waals surface area (Å²) in [4.78, 5) is 3.23. The summed E-state index contributed by atoms with van der Waals surface area (Å²) >= 11 is 0. The van der Waals surface area contributed by atoms with Crippen molar-refractivity contribution < 1.29 is 13.2 Å². The Morgan fingerprint density at radius 2 is 2.15 bits per heavy atom. The van der Waals surface area contributed by atoms with E-state index in [2.05, 4.69) is 21.9 Å². The first-order valence-corrected chi connectivity index (χ1v) is 8.47. The van der Waals surface area contributed by atoms with Crippen molar-refractivity contribution in [1.82, 2.24) is 15.0 Å². The van der Waals surface area contributed by atoms with Crippen LogP contribution in [0.2, 0.25) is 0 Å². The fourth-order valence-electron chi connectivity index (χ4n) is 1.73. The first-order valence-electron chi connectivity index (χ1n) is 6.98. The Bertz CT molecular complexity index is 485. The highest BCUT2D eigenvalue weighted by molar-refractivity contribution is 7.89. The van der Waals surface area contributed by atoms with Crippen LogP contribution in [0.1, 0.15) is 32.9 Å². The molecule has 20 heavy (non-hydrogen) atoms. The quantitative estimate of drug-likeness (QED) is 0.568. The van der Waals surface area contributed by atoms with Gasteiger partial charge in [-0.15, -0.1) is 0 Å². The van der Waals surface area contributed by atoms with E-state index in [0.29, 0.717) is 13.2 Å². The summed E-state index contributed by atoms with van der Waals surface area (Å²) in [5.41, 5.74) is 0.858. The van der Waals surface area contributed by atoms with Gasteiger partial charge in [0, 0.05) is 31.6 Å². The smallest absolute Gasteiger partial charge is 0.242 e. The third-order valence-electron chi connectivity index (χ3n) is 2.78. The lowest BCUT2D eigenvalue weighted by atomic mass is 10.4. The Morgan fingerprint density at radius 3 is 2.80 bits per heavy atom. The number of nitrogens with one attached hydrogen (secondary N) is 3. The summed E-state index contributed by atoms with van der Waals surface area (Å²) in [7, 11) is -3.47. The van der Waals surface area contributed by atoms with E-state index in [0.717, 1.165) is 18.7 Å². The van der Waals surface area contributed by atoms with Crippen molar-refractivity contribution in [3.63, 3.8) is 0 Å². The molecule has 0 saturated carbocycles. The largest absolute Gasteiger partial charge is 0.377 e. The molecule has 7 heteroatoms. The molecular weight excluding hydrogens is 278 g/mol. The maximum atomic E-state index is 12.1. The molecule has 0 saturated heterocycles. The minimum Gasteiger partial charge on any atom is -0.377 e. The van der Waals surface area contributed by atoms with Crippen molar-refractivity contribution in [2.45, 2.75) is 44.7 Å². The molecule has 1 aromatic rings. The summed E-state index contributed by atoms with van der Waals surface area (Å²) in [5.74, 6) is 0. The van der Waals surface area contributed by atoms with Gasteiger partial charge in [0.1, 0.15) is 0 Å². The van der Waals surface area contributed by atoms with Gasteiger partial charge in [-0.05, 0) is 32.9 Å². The van der Waals surface area contributed by atoms with Crippen LogP contribution in [0.5, 0.6) is 0 Å². The van der Waals surface area contributed by atoms with Crippen molar-refractivity contribution in [2.75, 3.05) is 19.7 Å². The summed E-state index contributed by atoms with van der Waals surface area (Å²) in [6.07, 6.45) is 2.42. The van der Waals surface area contributed by atoms with Crippen molar-refractivity contribution in [1.29, 1.82) is 0 Å². The predicted molar refractivity (Wildman–Crippen MR) is 79.1 cm³/mol. The molecule has 116 valence electrons. The second kappa shape index (κ2) is 8.41. The molecule has 0 fully saturated rings. The summed E-state index contributed by atoms with van der Waals surface area (Å²) in [6, 6.07) is 1.65. The summed E-state index contributed by atoms with van der Waals surface area (Å²) in [6.45, 7) is 8.19. The third kappa shape index (κ3) is 5.62. The lowest BCUT2D eigenvalue weighted by Gasteiger charge is -2.12. The van der Waals surface area contributed by atoms with Gasteiger partial charge in [0.2, 0.25) is 10.0 Å². The van der Waals surface area contributed by atoms with E-state index < -0.39 is 10.0 Å². The Kier molecular flexibility index (Phi) is 7.22. The van der Waals surface area contributed by atoms with E-state index in [4.69, 9.17) is 4.74 Å². The molecule has 0 aliphatic carbocycles. The van der Waals surface area contributed by atoms with Crippen LogP contribution >= 0.6 is 0 Å². The minimum atomic E-state index is -3.47. The highest BCUT2D eigenvalue weighted by Gasteiger charge is 2.16. The number of hydrogen-bond acceptors (Lipinski definition) is 4. The molecule has 0 aliphatic heterocycles. The molecular formula is C13H25N3O3S. The number of H-pyrrole nitrogens is 1. The van der Waals surface area contributed by atoms with E-state index >= 15 is 0 Å². The first-order chi connectivity index (χ1) is 9.49. The number of aromatic nitrogens is 1. The Balaban J connectivity index is 2.54. The second-order valence-electron chi connectivity index (χ2n) is 4.66. The molecule has 1 unspecified atom stereocenters. The Hall–Kier alpha value is -0.890. The lowest BCUT2D eigenvalue weighted by Crippen LogP contribution is -2.32. The Labute approximate surface area is 121 Å². The van der Waals surface area contributed by atoms with Gasteiger partial charge in [0.05, 0.1) is 11.0 Å². The van der Waals surface area contributed by atoms with E-state index in [-0.39, 0.29) is 17.5 Å². The minimum absolute atomic E-state index is 0.139. The van der Waals surface area contributed by atoms with Gasteiger partial charge >= 0.3 is 0 Å². The maximum Gasteiger partial charge on any atom is 0.242 e. The van der Waals surface area contributed by atoms with Gasteiger partial charge < -0.3 is 15.0 Å². The van der Waals surface area contributed by atoms with Gasteiger partial charge in [-0.1, -0.05) is 6.92 Å². The van der Waals surface area contributed by atoms with E-state index in [9.17, 15) is 8.42 Å². The zero-order chi connectivity index (χ0) is 15.0. The molecule has 0 aromatic carbocycles. The monoisotopic (exact) mass is 303 g/mol. The highest BCUT2D eigenvalue weighted by atomic mass is 32.2. The van der Waals surface area contributed by atoms with E-state index in [1.54, 1.807) is 6.07 Å². The number of hydrogen-bond donors (Lipinski definition) is 3. The van der Waals surface area contributed by atoms with Crippen LogP contribution < -0.4 is 10.0 Å². The van der Waals surface area contributed by atoms with Crippen LogP contribution in [0, 0.1) is 0 Å². The first kappa shape index (κ1) is 17.2. The SMILES string of the molecule is CCCNCc1cc(S(=O)(=O)NCC(C)OCC)c[nH]1. The maximum absolute atomic E-state index is 12.1. The Morgan fingerprint density at radius 1 is 1.40 bits per heavy atom. The molecule has 1 heterocycles. The highest BCUT2D eigenvalue weighted by Crippen LogP contribution is 2.10. The topological polar surface area (TPSA) is 83.2 Å². The molecule has 0 amide bonds. The second-order valence-corrected chi connectivity index (χ2v) is 6.42. The molecule has 1 atom stereocenters. The van der Waals surface area contributed by atoms with E-state index in [1.807, 2.05) is 13.8 Å². The zero-order valence-electron chi connectivity index (χ0n) is 12.4. The molecule has 0 aliphatic rings. The fraction of sp³-hybridized carbons (Fsp3) is 0.692. The third-order valence-corrected chi connectivity index (χ3v) is 4.18. The van der Waals surface area contributed by atoms with Crippen molar-refractivity contribution in [3.8, 4) is 0 Å². The normalized spacial score (nSPS) is 13.6. The van der Waals surface area contributed by atoms with Crippen molar-refractivity contribution >= 4 is 10.0 Å². The van der Waals surface area contributed by atoms with Crippen LogP contribution in [0.25, 0.3) is 0 Å². The molecule has 0 radical (unpaired) electrons. The molecule has 1 rings (SSSR count). The number of aromatic amines is 1. The van der Waals surface area contributed by atoms with Crippen LogP contribution in [0.3, 0.4) is 0 Å². The van der Waals surface area contributed by atoms with Gasteiger partial charge in [0.15, 0.2) is 0 Å².